The molecule has 1 atom stereocenters. The number of likely N-dealkylation sites (tertiary alicyclic amines) is 1. The number of hydrogen-bond acceptors (Lipinski definition) is 5. The highest BCUT2D eigenvalue weighted by Crippen LogP contribution is 2.19. The van der Waals surface area contributed by atoms with Crippen molar-refractivity contribution in [2.75, 3.05) is 26.0 Å². The Balaban J connectivity index is 2.25. The molecule has 8 heteroatoms. The summed E-state index contributed by atoms with van der Waals surface area (Å²) in [5, 5.41) is 0. The van der Waals surface area contributed by atoms with E-state index in [1.807, 2.05) is 0 Å². The van der Waals surface area contributed by atoms with E-state index in [4.69, 9.17) is 0 Å². The van der Waals surface area contributed by atoms with Gasteiger partial charge in [0.1, 0.15) is 6.04 Å². The van der Waals surface area contributed by atoms with Crippen LogP contribution >= 0.6 is 0 Å². The number of likely N-dealkylation sites (N-methyl/N-ethyl adjacent to an activating group) is 1. The number of nitrogens with one attached hydrogen (secondary N) is 1. The molecular formula is C13H17N3O4S. The molecule has 1 heterocycles. The van der Waals surface area contributed by atoms with Crippen molar-refractivity contribution in [1.82, 2.24) is 9.62 Å². The predicted octanol–water partition coefficient (Wildman–Crippen LogP) is -0.212. The highest BCUT2D eigenvalue weighted by Gasteiger charge is 2.38. The lowest BCUT2D eigenvalue weighted by atomic mass is 10.3. The molecular weight excluding hydrogens is 294 g/mol. The Morgan fingerprint density at radius 3 is 2.48 bits per heavy atom. The normalized spacial score (nSPS) is 19.2. The van der Waals surface area contributed by atoms with E-state index in [0.717, 1.165) is 10.6 Å². The standard InChI is InChI=1S/C13H17N3O4S/c1-15(2)9-5-4-6-10(7-9)21(19,20)14-11-8-12(17)16(3)13(11)18/h4-7,11,14H,8H2,1-3H3. The van der Waals surface area contributed by atoms with Crippen LogP contribution in [-0.2, 0) is 19.6 Å². The lowest BCUT2D eigenvalue weighted by Crippen LogP contribution is -2.40. The molecule has 2 rings (SSSR count). The molecule has 1 N–H and O–H groups in total. The second-order valence-electron chi connectivity index (χ2n) is 5.06. The van der Waals surface area contributed by atoms with Gasteiger partial charge in [-0.3, -0.25) is 14.5 Å². The monoisotopic (exact) mass is 311 g/mol. The first-order valence-electron chi connectivity index (χ1n) is 6.32. The van der Waals surface area contributed by atoms with Crippen LogP contribution < -0.4 is 9.62 Å². The summed E-state index contributed by atoms with van der Waals surface area (Å²) in [4.78, 5) is 26.0. The molecule has 0 radical (unpaired) electrons. The summed E-state index contributed by atoms with van der Waals surface area (Å²) in [6.07, 6.45) is -0.151. The van der Waals surface area contributed by atoms with Crippen LogP contribution in [0.15, 0.2) is 29.2 Å². The molecule has 1 aromatic carbocycles. The number of nitrogens with zero attached hydrogens (tertiary/aromatic N) is 2. The third-order valence-corrected chi connectivity index (χ3v) is 4.79. The molecule has 1 unspecified atom stereocenters. The Labute approximate surface area is 123 Å². The average molecular weight is 311 g/mol. The number of imide groups is 1. The molecule has 1 aliphatic heterocycles. The van der Waals surface area contributed by atoms with Gasteiger partial charge in [0.2, 0.25) is 21.8 Å². The summed E-state index contributed by atoms with van der Waals surface area (Å²) >= 11 is 0. The van der Waals surface area contributed by atoms with Crippen LogP contribution in [0.3, 0.4) is 0 Å². The summed E-state index contributed by atoms with van der Waals surface area (Å²) in [6, 6.07) is 5.32. The summed E-state index contributed by atoms with van der Waals surface area (Å²) in [5.74, 6) is -0.929. The molecule has 7 nitrogen and oxygen atoms in total. The maximum absolute atomic E-state index is 12.3. The van der Waals surface area contributed by atoms with Crippen LogP contribution in [0.2, 0.25) is 0 Å². The molecule has 1 fully saturated rings. The van der Waals surface area contributed by atoms with E-state index in [2.05, 4.69) is 4.72 Å². The molecule has 0 aromatic heterocycles. The van der Waals surface area contributed by atoms with Crippen molar-refractivity contribution in [3.63, 3.8) is 0 Å². The van der Waals surface area contributed by atoms with Crippen molar-refractivity contribution >= 4 is 27.5 Å². The topological polar surface area (TPSA) is 86.8 Å². The van der Waals surface area contributed by atoms with Gasteiger partial charge in [0.15, 0.2) is 0 Å². The molecule has 0 aliphatic carbocycles. The Kier molecular flexibility index (Phi) is 4.02. The van der Waals surface area contributed by atoms with Crippen molar-refractivity contribution in [2.24, 2.45) is 0 Å². The fourth-order valence-corrected chi connectivity index (χ4v) is 3.26. The Morgan fingerprint density at radius 2 is 1.95 bits per heavy atom. The first-order chi connectivity index (χ1) is 9.72. The van der Waals surface area contributed by atoms with Crippen molar-refractivity contribution in [2.45, 2.75) is 17.4 Å². The highest BCUT2D eigenvalue weighted by molar-refractivity contribution is 7.89. The zero-order valence-corrected chi connectivity index (χ0v) is 12.8. The number of amides is 2. The van der Waals surface area contributed by atoms with Crippen LogP contribution in [0.5, 0.6) is 0 Å². The quantitative estimate of drug-likeness (QED) is 0.778. The Morgan fingerprint density at radius 1 is 1.29 bits per heavy atom. The highest BCUT2D eigenvalue weighted by atomic mass is 32.2. The second-order valence-corrected chi connectivity index (χ2v) is 6.77. The van der Waals surface area contributed by atoms with E-state index < -0.39 is 27.9 Å². The summed E-state index contributed by atoms with van der Waals surface area (Å²) < 4.78 is 26.9. The van der Waals surface area contributed by atoms with Gasteiger partial charge < -0.3 is 4.90 Å². The van der Waals surface area contributed by atoms with E-state index >= 15 is 0 Å². The van der Waals surface area contributed by atoms with E-state index in [-0.39, 0.29) is 11.3 Å². The minimum atomic E-state index is -3.86. The van der Waals surface area contributed by atoms with E-state index in [1.54, 1.807) is 31.1 Å². The number of benzene rings is 1. The van der Waals surface area contributed by atoms with Crippen molar-refractivity contribution in [1.29, 1.82) is 0 Å². The SMILES string of the molecule is CN1C(=O)CC(NS(=O)(=O)c2cccc(N(C)C)c2)C1=O. The van der Waals surface area contributed by atoms with Crippen LogP contribution in [-0.4, -0.2) is 52.3 Å². The van der Waals surface area contributed by atoms with Crippen molar-refractivity contribution < 1.29 is 18.0 Å². The number of carbonyl (C=O) groups excluding carboxylic acids is 2. The van der Waals surface area contributed by atoms with Gasteiger partial charge in [-0.2, -0.15) is 4.72 Å². The largest absolute Gasteiger partial charge is 0.378 e. The summed E-state index contributed by atoms with van der Waals surface area (Å²) in [6.45, 7) is 0. The van der Waals surface area contributed by atoms with Gasteiger partial charge in [-0.25, -0.2) is 8.42 Å². The smallest absolute Gasteiger partial charge is 0.247 e. The molecule has 21 heavy (non-hydrogen) atoms. The van der Waals surface area contributed by atoms with Gasteiger partial charge >= 0.3 is 0 Å². The third kappa shape index (κ3) is 3.06. The Bertz CT molecular complexity index is 684. The molecule has 0 spiro atoms. The summed E-state index contributed by atoms with van der Waals surface area (Å²) in [7, 11) is 1.08. The molecule has 114 valence electrons. The van der Waals surface area contributed by atoms with Crippen LogP contribution in [0.4, 0.5) is 5.69 Å². The third-order valence-electron chi connectivity index (χ3n) is 3.32. The average Bonchev–Trinajstić information content (AvgIpc) is 2.66. The molecule has 1 aliphatic rings. The number of hydrogen-bond donors (Lipinski definition) is 1. The second kappa shape index (κ2) is 5.45. The molecule has 1 aromatic rings. The van der Waals surface area contributed by atoms with E-state index in [9.17, 15) is 18.0 Å². The first-order valence-corrected chi connectivity index (χ1v) is 7.81. The van der Waals surface area contributed by atoms with Crippen molar-refractivity contribution in [3.05, 3.63) is 24.3 Å². The maximum atomic E-state index is 12.3. The fraction of sp³-hybridized carbons (Fsp3) is 0.385. The van der Waals surface area contributed by atoms with Crippen LogP contribution in [0, 0.1) is 0 Å². The van der Waals surface area contributed by atoms with Gasteiger partial charge in [-0.15, -0.1) is 0 Å². The number of sulfonamides is 1. The Hall–Kier alpha value is -1.93. The van der Waals surface area contributed by atoms with Gasteiger partial charge in [0.05, 0.1) is 11.3 Å². The van der Waals surface area contributed by atoms with Gasteiger partial charge in [0.25, 0.3) is 0 Å². The lowest BCUT2D eigenvalue weighted by Gasteiger charge is -2.15. The molecule has 0 bridgehead atoms. The lowest BCUT2D eigenvalue weighted by molar-refractivity contribution is -0.137. The predicted molar refractivity (Wildman–Crippen MR) is 77.3 cm³/mol. The minimum absolute atomic E-state index is 0.0588. The van der Waals surface area contributed by atoms with E-state index in [1.165, 1.54) is 19.2 Å². The van der Waals surface area contributed by atoms with Gasteiger partial charge in [-0.1, -0.05) is 6.07 Å². The fourth-order valence-electron chi connectivity index (χ4n) is 2.03. The maximum Gasteiger partial charge on any atom is 0.247 e. The number of anilines is 1. The first kappa shape index (κ1) is 15.5. The minimum Gasteiger partial charge on any atom is -0.378 e. The van der Waals surface area contributed by atoms with Gasteiger partial charge in [-0.05, 0) is 18.2 Å². The zero-order chi connectivity index (χ0) is 15.8. The summed E-state index contributed by atoms with van der Waals surface area (Å²) in [5.41, 5.74) is 0.726. The molecule has 2 amide bonds. The zero-order valence-electron chi connectivity index (χ0n) is 12.0. The number of carbonyl (C=O) groups is 2. The number of rotatable bonds is 4. The molecule has 0 saturated carbocycles. The van der Waals surface area contributed by atoms with Crippen LogP contribution in [0.1, 0.15) is 6.42 Å². The van der Waals surface area contributed by atoms with Crippen molar-refractivity contribution in [3.8, 4) is 0 Å². The van der Waals surface area contributed by atoms with Gasteiger partial charge in [0, 0.05) is 26.8 Å². The van der Waals surface area contributed by atoms with Crippen LogP contribution in [0.25, 0.3) is 0 Å². The van der Waals surface area contributed by atoms with E-state index in [0.29, 0.717) is 0 Å². The molecule has 1 saturated heterocycles.